The molecule has 0 amide bonds. The number of nitrogens with one attached hydrogen (secondary N) is 1. The van der Waals surface area contributed by atoms with E-state index in [0.717, 1.165) is 63.9 Å². The van der Waals surface area contributed by atoms with Gasteiger partial charge in [0.25, 0.3) is 0 Å². The average molecular weight is 527 g/mol. The summed E-state index contributed by atoms with van der Waals surface area (Å²) in [7, 11) is 0. The summed E-state index contributed by atoms with van der Waals surface area (Å²) in [4.78, 5) is 4.31. The van der Waals surface area contributed by atoms with Gasteiger partial charge in [-0.3, -0.25) is 5.41 Å². The van der Waals surface area contributed by atoms with Gasteiger partial charge in [0.2, 0.25) is 11.7 Å². The van der Waals surface area contributed by atoms with Crippen LogP contribution in [0.5, 0.6) is 5.75 Å². The minimum Gasteiger partial charge on any atom is -0.493 e. The predicted octanol–water partition coefficient (Wildman–Crippen LogP) is 8.76. The number of benzene rings is 1. The molecular formula is C28H45F3N4O2. The van der Waals surface area contributed by atoms with E-state index in [1.54, 1.807) is 6.07 Å². The second-order valence-corrected chi connectivity index (χ2v) is 9.59. The molecule has 0 saturated carbocycles. The summed E-state index contributed by atoms with van der Waals surface area (Å²) in [6.45, 7) is 10.5. The Labute approximate surface area is 220 Å². The van der Waals surface area contributed by atoms with Crippen LogP contribution in [0, 0.1) is 11.3 Å². The van der Waals surface area contributed by atoms with Crippen LogP contribution in [0.4, 0.5) is 13.2 Å². The fourth-order valence-electron chi connectivity index (χ4n) is 3.49. The molecule has 2 aromatic rings. The van der Waals surface area contributed by atoms with Crippen molar-refractivity contribution < 1.29 is 22.4 Å². The topological polar surface area (TPSA) is 98.0 Å². The standard InChI is InChI=1S/C23H33F3N2O2.C5H12N2/c1-4-6-8-9-10-11-15-29-20-14-13-18(16-19(20)23(24,25)26)21-27-22(30-28-21)17(3)12-7-5-2;1-3-4(2)5(6)7/h13-14,16-17H,4-12,15H2,1-3H3;4H,3H2,1-2H3,(H3,6,7). The Morgan fingerprint density at radius 3 is 2.24 bits per heavy atom. The number of nitrogens with two attached hydrogens (primary N) is 1. The molecule has 0 fully saturated rings. The lowest BCUT2D eigenvalue weighted by molar-refractivity contribution is -0.138. The molecule has 6 nitrogen and oxygen atoms in total. The maximum atomic E-state index is 13.6. The third-order valence-electron chi connectivity index (χ3n) is 6.30. The molecule has 0 radical (unpaired) electrons. The van der Waals surface area contributed by atoms with E-state index in [1.807, 2.05) is 20.8 Å². The van der Waals surface area contributed by atoms with Crippen LogP contribution in [0.15, 0.2) is 22.7 Å². The molecule has 0 spiro atoms. The average Bonchev–Trinajstić information content (AvgIpc) is 3.36. The molecule has 0 aliphatic carbocycles. The Morgan fingerprint density at radius 2 is 1.68 bits per heavy atom. The van der Waals surface area contributed by atoms with Gasteiger partial charge in [0.1, 0.15) is 5.75 Å². The molecule has 0 bridgehead atoms. The Hall–Kier alpha value is -2.58. The van der Waals surface area contributed by atoms with E-state index in [-0.39, 0.29) is 35.6 Å². The van der Waals surface area contributed by atoms with Gasteiger partial charge in [-0.1, -0.05) is 84.7 Å². The molecular weight excluding hydrogens is 481 g/mol. The molecule has 0 aliphatic rings. The first-order valence-electron chi connectivity index (χ1n) is 13.6. The zero-order valence-electron chi connectivity index (χ0n) is 23.1. The van der Waals surface area contributed by atoms with Crippen molar-refractivity contribution in [3.05, 3.63) is 29.7 Å². The number of aromatic nitrogens is 2. The van der Waals surface area contributed by atoms with Crippen molar-refractivity contribution in [3.8, 4) is 17.1 Å². The van der Waals surface area contributed by atoms with Gasteiger partial charge in [0.05, 0.1) is 18.0 Å². The number of halogens is 3. The van der Waals surface area contributed by atoms with Crippen molar-refractivity contribution in [3.63, 3.8) is 0 Å². The van der Waals surface area contributed by atoms with E-state index >= 15 is 0 Å². The Balaban J connectivity index is 0.000000856. The first-order valence-corrected chi connectivity index (χ1v) is 13.6. The van der Waals surface area contributed by atoms with Gasteiger partial charge < -0.3 is 15.0 Å². The molecule has 2 rings (SSSR count). The fraction of sp³-hybridized carbons (Fsp3) is 0.679. The van der Waals surface area contributed by atoms with Crippen LogP contribution < -0.4 is 10.5 Å². The number of hydrogen-bond acceptors (Lipinski definition) is 5. The number of amidine groups is 1. The summed E-state index contributed by atoms with van der Waals surface area (Å²) in [5.41, 5.74) is 4.59. The second-order valence-electron chi connectivity index (χ2n) is 9.59. The normalized spacial score (nSPS) is 13.0. The van der Waals surface area contributed by atoms with Gasteiger partial charge in [-0.05, 0) is 37.5 Å². The second kappa shape index (κ2) is 17.0. The lowest BCUT2D eigenvalue weighted by Crippen LogP contribution is -2.18. The lowest BCUT2D eigenvalue weighted by Gasteiger charge is -2.14. The number of rotatable bonds is 15. The number of unbranched alkanes of at least 4 members (excludes halogenated alkanes) is 6. The highest BCUT2D eigenvalue weighted by molar-refractivity contribution is 5.79. The van der Waals surface area contributed by atoms with E-state index in [0.29, 0.717) is 11.7 Å². The van der Waals surface area contributed by atoms with Crippen molar-refractivity contribution in [1.82, 2.24) is 10.1 Å². The third-order valence-corrected chi connectivity index (χ3v) is 6.30. The molecule has 1 aromatic heterocycles. The van der Waals surface area contributed by atoms with E-state index in [9.17, 15) is 13.2 Å². The Bertz CT molecular complexity index is 915. The van der Waals surface area contributed by atoms with E-state index in [2.05, 4.69) is 24.0 Å². The summed E-state index contributed by atoms with van der Waals surface area (Å²) < 4.78 is 51.5. The molecule has 210 valence electrons. The summed E-state index contributed by atoms with van der Waals surface area (Å²) in [5.74, 6) is 1.10. The number of ether oxygens (including phenoxy) is 1. The highest BCUT2D eigenvalue weighted by Gasteiger charge is 2.35. The molecule has 1 heterocycles. The van der Waals surface area contributed by atoms with Gasteiger partial charge in [-0.2, -0.15) is 18.2 Å². The van der Waals surface area contributed by atoms with Gasteiger partial charge in [-0.25, -0.2) is 0 Å². The van der Waals surface area contributed by atoms with Crippen molar-refractivity contribution in [2.24, 2.45) is 11.7 Å². The minimum atomic E-state index is -4.52. The first kappa shape index (κ1) is 32.4. The Morgan fingerprint density at radius 1 is 1.03 bits per heavy atom. The summed E-state index contributed by atoms with van der Waals surface area (Å²) in [6, 6.07) is 3.95. The molecule has 3 N–H and O–H groups in total. The quantitative estimate of drug-likeness (QED) is 0.137. The Kier molecular flexibility index (Phi) is 14.9. The summed E-state index contributed by atoms with van der Waals surface area (Å²) in [6.07, 6.45) is 5.73. The molecule has 1 aromatic carbocycles. The van der Waals surface area contributed by atoms with Crippen LogP contribution in [0.3, 0.4) is 0 Å². The molecule has 0 aliphatic heterocycles. The monoisotopic (exact) mass is 526 g/mol. The largest absolute Gasteiger partial charge is 0.493 e. The van der Waals surface area contributed by atoms with Gasteiger partial charge >= 0.3 is 6.18 Å². The molecule has 9 heteroatoms. The van der Waals surface area contributed by atoms with Gasteiger partial charge in [0, 0.05) is 17.4 Å². The fourth-order valence-corrected chi connectivity index (χ4v) is 3.49. The lowest BCUT2D eigenvalue weighted by atomic mass is 10.0. The zero-order chi connectivity index (χ0) is 27.8. The van der Waals surface area contributed by atoms with Crippen LogP contribution in [0.2, 0.25) is 0 Å². The molecule has 0 saturated heterocycles. The summed E-state index contributed by atoms with van der Waals surface area (Å²) in [5, 5.41) is 10.8. The zero-order valence-corrected chi connectivity index (χ0v) is 23.1. The smallest absolute Gasteiger partial charge is 0.419 e. The number of hydrogen-bond donors (Lipinski definition) is 2. The maximum absolute atomic E-state index is 13.6. The van der Waals surface area contributed by atoms with Crippen molar-refractivity contribution in [2.45, 2.75) is 111 Å². The van der Waals surface area contributed by atoms with E-state index in [4.69, 9.17) is 20.4 Å². The maximum Gasteiger partial charge on any atom is 0.419 e. The molecule has 2 unspecified atom stereocenters. The van der Waals surface area contributed by atoms with Crippen molar-refractivity contribution in [2.75, 3.05) is 6.61 Å². The minimum absolute atomic E-state index is 0.0771. The van der Waals surface area contributed by atoms with E-state index in [1.165, 1.54) is 12.5 Å². The van der Waals surface area contributed by atoms with Crippen LogP contribution in [-0.4, -0.2) is 22.6 Å². The number of nitrogens with zero attached hydrogens (tertiary/aromatic N) is 2. The predicted molar refractivity (Wildman–Crippen MR) is 143 cm³/mol. The highest BCUT2D eigenvalue weighted by atomic mass is 19.4. The van der Waals surface area contributed by atoms with Crippen LogP contribution in [-0.2, 0) is 6.18 Å². The first-order chi connectivity index (χ1) is 17.5. The summed E-state index contributed by atoms with van der Waals surface area (Å²) >= 11 is 0. The number of alkyl halides is 3. The van der Waals surface area contributed by atoms with Gasteiger partial charge in [-0.15, -0.1) is 0 Å². The molecule has 37 heavy (non-hydrogen) atoms. The van der Waals surface area contributed by atoms with Crippen molar-refractivity contribution in [1.29, 1.82) is 5.41 Å². The van der Waals surface area contributed by atoms with Crippen molar-refractivity contribution >= 4 is 5.84 Å². The van der Waals surface area contributed by atoms with Crippen LogP contribution in [0.1, 0.15) is 116 Å². The van der Waals surface area contributed by atoms with Crippen LogP contribution >= 0.6 is 0 Å². The molecule has 2 atom stereocenters. The SMILES string of the molecule is CCC(C)C(=N)N.CCCCCCCCOc1ccc(-c2noc(C(C)CCCC)n2)cc1C(F)(F)F. The van der Waals surface area contributed by atoms with Gasteiger partial charge in [0.15, 0.2) is 0 Å². The highest BCUT2D eigenvalue weighted by Crippen LogP contribution is 2.38. The van der Waals surface area contributed by atoms with Crippen LogP contribution in [0.25, 0.3) is 11.4 Å². The van der Waals surface area contributed by atoms with E-state index < -0.39 is 11.7 Å². The third kappa shape index (κ3) is 12.0.